The molecule has 0 saturated heterocycles. The fourth-order valence-electron chi connectivity index (χ4n) is 1.56. The van der Waals surface area contributed by atoms with Gasteiger partial charge >= 0.3 is 11.8 Å². The minimum atomic E-state index is -0.779. The number of rotatable bonds is 4. The van der Waals surface area contributed by atoms with E-state index in [1.807, 2.05) is 0 Å². The maximum absolute atomic E-state index is 11.5. The molecule has 2 amide bonds. The predicted molar refractivity (Wildman–Crippen MR) is 74.2 cm³/mol. The average Bonchev–Trinajstić information content (AvgIpc) is 2.89. The molecule has 0 aliphatic carbocycles. The van der Waals surface area contributed by atoms with E-state index >= 15 is 0 Å². The highest BCUT2D eigenvalue weighted by atomic mass is 32.1. The molecule has 4 N–H and O–H groups in total. The van der Waals surface area contributed by atoms with Crippen LogP contribution in [-0.2, 0) is 16.1 Å². The van der Waals surface area contributed by atoms with E-state index < -0.39 is 11.8 Å². The Hall–Kier alpha value is -2.35. The van der Waals surface area contributed by atoms with E-state index in [-0.39, 0.29) is 24.9 Å². The lowest BCUT2D eigenvalue weighted by Gasteiger charge is -2.06. The summed E-state index contributed by atoms with van der Waals surface area (Å²) >= 11 is 4.59. The van der Waals surface area contributed by atoms with Crippen LogP contribution in [0.2, 0.25) is 0 Å². The van der Waals surface area contributed by atoms with Crippen molar-refractivity contribution in [2.24, 2.45) is 5.73 Å². The Morgan fingerprint density at radius 3 is 2.65 bits per heavy atom. The van der Waals surface area contributed by atoms with Gasteiger partial charge in [0.05, 0.1) is 11.5 Å². The topological polar surface area (TPSA) is 103 Å². The minimum absolute atomic E-state index is 0.00832. The highest BCUT2D eigenvalue weighted by Crippen LogP contribution is 2.32. The van der Waals surface area contributed by atoms with Gasteiger partial charge < -0.3 is 25.8 Å². The molecule has 1 heterocycles. The molecule has 1 aromatic carbocycles. The number of fused-ring (bicyclic) bond motifs is 1. The molecule has 2 rings (SSSR count). The van der Waals surface area contributed by atoms with Crippen molar-refractivity contribution in [1.82, 2.24) is 10.6 Å². The number of benzene rings is 1. The molecule has 0 saturated carbocycles. The number of nitrogens with one attached hydrogen (secondary N) is 2. The third-order valence-electron chi connectivity index (χ3n) is 2.52. The molecule has 0 aromatic heterocycles. The Morgan fingerprint density at radius 2 is 1.90 bits per heavy atom. The zero-order valence-corrected chi connectivity index (χ0v) is 11.3. The first-order valence-corrected chi connectivity index (χ1v) is 6.20. The van der Waals surface area contributed by atoms with Crippen LogP contribution in [0, 0.1) is 0 Å². The lowest BCUT2D eigenvalue weighted by molar-refractivity contribution is -0.139. The Kier molecular flexibility index (Phi) is 4.36. The SMILES string of the molecule is NC(=S)CNC(=O)C(=O)NCc1ccc2c(c1)OCO2. The van der Waals surface area contributed by atoms with E-state index in [0.29, 0.717) is 11.5 Å². The highest BCUT2D eigenvalue weighted by Gasteiger charge is 2.15. The van der Waals surface area contributed by atoms with Crippen molar-refractivity contribution in [1.29, 1.82) is 0 Å². The molecular formula is C12H13N3O4S. The Balaban J connectivity index is 1.84. The zero-order valence-electron chi connectivity index (χ0n) is 10.5. The molecule has 20 heavy (non-hydrogen) atoms. The molecule has 0 spiro atoms. The summed E-state index contributed by atoms with van der Waals surface area (Å²) in [6.45, 7) is 0.383. The van der Waals surface area contributed by atoms with E-state index in [0.717, 1.165) is 5.56 Å². The maximum Gasteiger partial charge on any atom is 0.309 e. The molecule has 1 aromatic rings. The number of carbonyl (C=O) groups excluding carboxylic acids is 2. The van der Waals surface area contributed by atoms with E-state index in [1.165, 1.54) is 0 Å². The van der Waals surface area contributed by atoms with Crippen LogP contribution in [0.1, 0.15) is 5.56 Å². The summed E-state index contributed by atoms with van der Waals surface area (Å²) in [5.74, 6) is -0.249. The van der Waals surface area contributed by atoms with Gasteiger partial charge in [0.25, 0.3) is 0 Å². The van der Waals surface area contributed by atoms with Gasteiger partial charge in [0.15, 0.2) is 11.5 Å². The molecular weight excluding hydrogens is 282 g/mol. The smallest absolute Gasteiger partial charge is 0.309 e. The van der Waals surface area contributed by atoms with Crippen molar-refractivity contribution in [3.05, 3.63) is 23.8 Å². The number of nitrogens with two attached hydrogens (primary N) is 1. The van der Waals surface area contributed by atoms with E-state index in [1.54, 1.807) is 18.2 Å². The van der Waals surface area contributed by atoms with Gasteiger partial charge in [-0.05, 0) is 17.7 Å². The van der Waals surface area contributed by atoms with Crippen LogP contribution >= 0.6 is 12.2 Å². The summed E-state index contributed by atoms with van der Waals surface area (Å²) in [5.41, 5.74) is 6.01. The van der Waals surface area contributed by atoms with Gasteiger partial charge in [-0.15, -0.1) is 0 Å². The summed E-state index contributed by atoms with van der Waals surface area (Å²) < 4.78 is 10.4. The number of thiocarbonyl (C=S) groups is 1. The maximum atomic E-state index is 11.5. The van der Waals surface area contributed by atoms with Crippen LogP contribution in [0.15, 0.2) is 18.2 Å². The number of carbonyl (C=O) groups is 2. The molecule has 0 bridgehead atoms. The first kappa shape index (κ1) is 14.1. The second-order valence-electron chi connectivity index (χ2n) is 4.02. The van der Waals surface area contributed by atoms with Crippen molar-refractivity contribution < 1.29 is 19.1 Å². The minimum Gasteiger partial charge on any atom is -0.454 e. The van der Waals surface area contributed by atoms with Crippen LogP contribution in [0.25, 0.3) is 0 Å². The molecule has 1 aliphatic rings. The lowest BCUT2D eigenvalue weighted by Crippen LogP contribution is -2.42. The molecule has 0 unspecified atom stereocenters. The Labute approximate surface area is 120 Å². The van der Waals surface area contributed by atoms with Crippen LogP contribution in [0.3, 0.4) is 0 Å². The molecule has 0 atom stereocenters. The number of amides is 2. The normalized spacial score (nSPS) is 11.8. The molecule has 0 fully saturated rings. The summed E-state index contributed by atoms with van der Waals surface area (Å²) in [6.07, 6.45) is 0. The van der Waals surface area contributed by atoms with Gasteiger partial charge in [0.2, 0.25) is 6.79 Å². The van der Waals surface area contributed by atoms with E-state index in [2.05, 4.69) is 22.9 Å². The molecule has 0 radical (unpaired) electrons. The van der Waals surface area contributed by atoms with Gasteiger partial charge in [-0.3, -0.25) is 9.59 Å². The average molecular weight is 295 g/mol. The number of hydrogen-bond donors (Lipinski definition) is 3. The van der Waals surface area contributed by atoms with Crippen LogP contribution in [0.4, 0.5) is 0 Å². The van der Waals surface area contributed by atoms with Crippen molar-refractivity contribution in [3.8, 4) is 11.5 Å². The van der Waals surface area contributed by atoms with Gasteiger partial charge in [-0.25, -0.2) is 0 Å². The molecule has 106 valence electrons. The van der Waals surface area contributed by atoms with Gasteiger partial charge in [-0.1, -0.05) is 18.3 Å². The first-order chi connectivity index (χ1) is 9.56. The fourth-order valence-corrected chi connectivity index (χ4v) is 1.63. The first-order valence-electron chi connectivity index (χ1n) is 5.79. The van der Waals surface area contributed by atoms with Crippen molar-refractivity contribution in [2.45, 2.75) is 6.54 Å². The largest absolute Gasteiger partial charge is 0.454 e. The van der Waals surface area contributed by atoms with Crippen LogP contribution in [-0.4, -0.2) is 30.1 Å². The Morgan fingerprint density at radius 1 is 1.20 bits per heavy atom. The van der Waals surface area contributed by atoms with E-state index in [4.69, 9.17) is 15.2 Å². The predicted octanol–water partition coefficient (Wildman–Crippen LogP) is -0.566. The van der Waals surface area contributed by atoms with Gasteiger partial charge in [-0.2, -0.15) is 0 Å². The standard InChI is InChI=1S/C12H13N3O4S/c13-10(20)5-15-12(17)11(16)14-4-7-1-2-8-9(3-7)19-6-18-8/h1-3H,4-6H2,(H2,13,20)(H,14,16)(H,15,17). The summed E-state index contributed by atoms with van der Waals surface area (Å²) in [5, 5.41) is 4.78. The van der Waals surface area contributed by atoms with Gasteiger partial charge in [0, 0.05) is 6.54 Å². The Bertz CT molecular complexity index is 562. The number of hydrogen-bond acceptors (Lipinski definition) is 5. The quantitative estimate of drug-likeness (QED) is 0.508. The fraction of sp³-hybridized carbons (Fsp3) is 0.250. The highest BCUT2D eigenvalue weighted by molar-refractivity contribution is 7.80. The summed E-state index contributed by atoms with van der Waals surface area (Å²) in [6, 6.07) is 5.27. The van der Waals surface area contributed by atoms with Gasteiger partial charge in [0.1, 0.15) is 0 Å². The van der Waals surface area contributed by atoms with Crippen molar-refractivity contribution in [2.75, 3.05) is 13.3 Å². The second kappa shape index (κ2) is 6.20. The number of ether oxygens (including phenoxy) is 2. The summed E-state index contributed by atoms with van der Waals surface area (Å²) in [7, 11) is 0. The molecule has 1 aliphatic heterocycles. The molecule has 7 nitrogen and oxygen atoms in total. The second-order valence-corrected chi connectivity index (χ2v) is 4.54. The third kappa shape index (κ3) is 3.58. The van der Waals surface area contributed by atoms with Crippen LogP contribution < -0.4 is 25.8 Å². The third-order valence-corrected chi connectivity index (χ3v) is 2.66. The van der Waals surface area contributed by atoms with Crippen molar-refractivity contribution in [3.63, 3.8) is 0 Å². The summed E-state index contributed by atoms with van der Waals surface area (Å²) in [4.78, 5) is 23.0. The molecule has 8 heteroatoms. The van der Waals surface area contributed by atoms with Crippen molar-refractivity contribution >= 4 is 29.0 Å². The lowest BCUT2D eigenvalue weighted by atomic mass is 10.2. The monoisotopic (exact) mass is 295 g/mol. The van der Waals surface area contributed by atoms with E-state index in [9.17, 15) is 9.59 Å². The van der Waals surface area contributed by atoms with Crippen LogP contribution in [0.5, 0.6) is 11.5 Å². The zero-order chi connectivity index (χ0) is 14.5.